The Hall–Kier alpha value is -2.93. The van der Waals surface area contributed by atoms with Gasteiger partial charge < -0.3 is 33.9 Å². The molecular formula is C30H41N3O7Si. The van der Waals surface area contributed by atoms with Gasteiger partial charge in [0.2, 0.25) is 0 Å². The quantitative estimate of drug-likeness (QED) is 0.106. The van der Waals surface area contributed by atoms with Crippen LogP contribution in [0.2, 0.25) is 5.04 Å². The predicted octanol–water partition coefficient (Wildman–Crippen LogP) is 3.99. The van der Waals surface area contributed by atoms with Crippen molar-refractivity contribution in [3.63, 3.8) is 0 Å². The van der Waals surface area contributed by atoms with Gasteiger partial charge in [-0.3, -0.25) is 0 Å². The first-order valence-corrected chi connectivity index (χ1v) is 15.7. The summed E-state index contributed by atoms with van der Waals surface area (Å²) in [4.78, 5) is 28.3. The molecule has 1 saturated heterocycles. The van der Waals surface area contributed by atoms with Crippen LogP contribution in [0.25, 0.3) is 0 Å². The van der Waals surface area contributed by atoms with Gasteiger partial charge in [0.05, 0.1) is 19.8 Å². The smallest absolute Gasteiger partial charge is 0.424 e. The normalized spacial score (nSPS) is 16.9. The first-order chi connectivity index (χ1) is 19.4. The number of imidazole rings is 1. The van der Waals surface area contributed by atoms with Crippen LogP contribution in [0.4, 0.5) is 5.95 Å². The maximum atomic E-state index is 12.6. The Balaban J connectivity index is 1.66. The third kappa shape index (κ3) is 6.94. The molecule has 0 atom stereocenters. The van der Waals surface area contributed by atoms with E-state index in [1.165, 1.54) is 7.11 Å². The largest absolute Gasteiger partial charge is 0.434 e. The highest BCUT2D eigenvalue weighted by molar-refractivity contribution is 6.98. The zero-order chi connectivity index (χ0) is 29.7. The number of rotatable bonds is 13. The maximum Gasteiger partial charge on any atom is 0.434 e. The lowest BCUT2D eigenvalue weighted by Gasteiger charge is -2.46. The van der Waals surface area contributed by atoms with E-state index in [0.717, 1.165) is 10.4 Å². The molecule has 1 fully saturated rings. The van der Waals surface area contributed by atoms with Gasteiger partial charge in [-0.25, -0.2) is 4.57 Å². The third-order valence-corrected chi connectivity index (χ3v) is 12.6. The minimum Gasteiger partial charge on any atom is -0.424 e. The van der Waals surface area contributed by atoms with Crippen molar-refractivity contribution in [2.45, 2.75) is 64.5 Å². The molecule has 2 heterocycles. The van der Waals surface area contributed by atoms with Crippen LogP contribution in [-0.2, 0) is 32.1 Å². The molecule has 41 heavy (non-hydrogen) atoms. The van der Waals surface area contributed by atoms with E-state index in [1.54, 1.807) is 10.8 Å². The Kier molecular flexibility index (Phi) is 9.47. The zero-order valence-corrected chi connectivity index (χ0v) is 25.5. The average Bonchev–Trinajstić information content (AvgIpc) is 3.36. The van der Waals surface area contributed by atoms with E-state index >= 15 is 0 Å². The number of ether oxygens (including phenoxy) is 4. The van der Waals surface area contributed by atoms with Crippen LogP contribution < -0.4 is 10.4 Å². The highest BCUT2D eigenvalue weighted by Crippen LogP contribution is 2.45. The SMILES string of the molecule is COCOCc1cn(CC2(CCC(C)(C)[Si](O)(c3ccccc3)c3ccccc3)COC(C)(C)OC2)c([N+](=O)[O-])n1. The van der Waals surface area contributed by atoms with E-state index in [0.29, 0.717) is 31.7 Å². The molecule has 0 saturated carbocycles. The maximum absolute atomic E-state index is 12.6. The van der Waals surface area contributed by atoms with Crippen LogP contribution >= 0.6 is 0 Å². The van der Waals surface area contributed by atoms with Crippen molar-refractivity contribution in [3.8, 4) is 0 Å². The summed E-state index contributed by atoms with van der Waals surface area (Å²) in [5.41, 5.74) is -0.150. The van der Waals surface area contributed by atoms with Gasteiger partial charge >= 0.3 is 5.95 Å². The van der Waals surface area contributed by atoms with Crippen LogP contribution in [-0.4, -0.2) is 60.5 Å². The van der Waals surface area contributed by atoms with E-state index in [4.69, 9.17) is 18.9 Å². The van der Waals surface area contributed by atoms with Crippen molar-refractivity contribution >= 4 is 24.6 Å². The summed E-state index contributed by atoms with van der Waals surface area (Å²) < 4.78 is 24.1. The molecule has 0 radical (unpaired) electrons. The number of hydrogen-bond donors (Lipinski definition) is 1. The van der Waals surface area contributed by atoms with E-state index < -0.39 is 29.5 Å². The minimum absolute atomic E-state index is 0.0616. The van der Waals surface area contributed by atoms with Gasteiger partial charge in [0.25, 0.3) is 8.32 Å². The Bertz CT molecular complexity index is 1250. The zero-order valence-electron chi connectivity index (χ0n) is 24.5. The summed E-state index contributed by atoms with van der Waals surface area (Å²) >= 11 is 0. The number of benzene rings is 2. The fraction of sp³-hybridized carbons (Fsp3) is 0.500. The first-order valence-electron chi connectivity index (χ1n) is 13.8. The number of aromatic nitrogens is 2. The second kappa shape index (κ2) is 12.5. The van der Waals surface area contributed by atoms with Crippen LogP contribution in [0.15, 0.2) is 66.9 Å². The molecule has 1 N–H and O–H groups in total. The van der Waals surface area contributed by atoms with Crippen molar-refractivity contribution in [3.05, 3.63) is 82.7 Å². The lowest BCUT2D eigenvalue weighted by atomic mass is 9.81. The Labute approximate surface area is 242 Å². The molecule has 0 unspecified atom stereocenters. The summed E-state index contributed by atoms with van der Waals surface area (Å²) in [5, 5.41) is 13.3. The molecule has 0 aliphatic carbocycles. The van der Waals surface area contributed by atoms with Gasteiger partial charge in [0, 0.05) is 12.5 Å². The predicted molar refractivity (Wildman–Crippen MR) is 157 cm³/mol. The molecule has 222 valence electrons. The first kappa shape index (κ1) is 31.0. The Morgan fingerprint density at radius 2 is 1.63 bits per heavy atom. The van der Waals surface area contributed by atoms with E-state index in [9.17, 15) is 14.9 Å². The summed E-state index contributed by atoms with van der Waals surface area (Å²) in [7, 11) is -1.74. The lowest BCUT2D eigenvalue weighted by Crippen LogP contribution is -2.65. The molecule has 1 aliphatic rings. The van der Waals surface area contributed by atoms with E-state index in [1.807, 2.05) is 74.5 Å². The molecule has 11 heteroatoms. The number of hydrogen-bond acceptors (Lipinski definition) is 8. The Morgan fingerprint density at radius 1 is 1.07 bits per heavy atom. The molecule has 3 aromatic rings. The van der Waals surface area contributed by atoms with Gasteiger partial charge in [-0.05, 0) is 47.0 Å². The van der Waals surface area contributed by atoms with E-state index in [-0.39, 0.29) is 25.9 Å². The van der Waals surface area contributed by atoms with Crippen molar-refractivity contribution in [1.29, 1.82) is 0 Å². The highest BCUT2D eigenvalue weighted by atomic mass is 28.4. The molecular weight excluding hydrogens is 542 g/mol. The monoisotopic (exact) mass is 583 g/mol. The van der Waals surface area contributed by atoms with Gasteiger partial charge in [-0.2, -0.15) is 0 Å². The van der Waals surface area contributed by atoms with Gasteiger partial charge in [-0.1, -0.05) is 79.5 Å². The second-order valence-corrected chi connectivity index (χ2v) is 15.9. The fourth-order valence-electron chi connectivity index (χ4n) is 5.50. The summed E-state index contributed by atoms with van der Waals surface area (Å²) in [6.07, 6.45) is 2.90. The molecule has 4 rings (SSSR count). The highest BCUT2D eigenvalue weighted by Gasteiger charge is 2.52. The van der Waals surface area contributed by atoms with Gasteiger partial charge in [0.15, 0.2) is 11.5 Å². The van der Waals surface area contributed by atoms with Crippen molar-refractivity contribution in [2.24, 2.45) is 5.41 Å². The molecule has 0 spiro atoms. The van der Waals surface area contributed by atoms with Gasteiger partial charge in [0.1, 0.15) is 19.6 Å². The van der Waals surface area contributed by atoms with Gasteiger partial charge in [-0.15, -0.1) is 0 Å². The third-order valence-electron chi connectivity index (χ3n) is 8.02. The van der Waals surface area contributed by atoms with Crippen LogP contribution in [0.5, 0.6) is 0 Å². The lowest BCUT2D eigenvalue weighted by molar-refractivity contribution is -0.397. The molecule has 2 aromatic carbocycles. The van der Waals surface area contributed by atoms with Crippen LogP contribution in [0.3, 0.4) is 0 Å². The fourth-order valence-corrected chi connectivity index (χ4v) is 9.23. The summed E-state index contributed by atoms with van der Waals surface area (Å²) in [6, 6.07) is 19.8. The van der Waals surface area contributed by atoms with Crippen molar-refractivity contribution in [2.75, 3.05) is 27.1 Å². The number of nitrogens with zero attached hydrogens (tertiary/aromatic N) is 3. The summed E-state index contributed by atoms with van der Waals surface area (Å²) in [6.45, 7) is 9.07. The summed E-state index contributed by atoms with van der Waals surface area (Å²) in [5.74, 6) is -1.02. The van der Waals surface area contributed by atoms with E-state index in [2.05, 4.69) is 18.8 Å². The standard InChI is InChI=1S/C30H41N3O7Si/c1-28(2,41(36,25-12-8-6-9-13-25)26-14-10-7-11-15-26)16-17-30(21-39-29(3,4)40-22-30)20-32-18-24(19-38-23-37-5)31-27(32)33(34)35/h6-15,18,36H,16-17,19-23H2,1-5H3. The van der Waals surface area contributed by atoms with Crippen LogP contribution in [0.1, 0.15) is 46.2 Å². The minimum atomic E-state index is -3.25. The molecule has 1 aliphatic heterocycles. The average molecular weight is 584 g/mol. The second-order valence-electron chi connectivity index (χ2n) is 12.0. The number of nitro groups is 1. The molecule has 0 bridgehead atoms. The molecule has 10 nitrogen and oxygen atoms in total. The molecule has 1 aromatic heterocycles. The Morgan fingerprint density at radius 3 is 2.15 bits per heavy atom. The number of methoxy groups -OCH3 is 1. The van der Waals surface area contributed by atoms with Crippen molar-refractivity contribution < 1.29 is 28.7 Å². The van der Waals surface area contributed by atoms with Crippen molar-refractivity contribution in [1.82, 2.24) is 9.55 Å². The topological polar surface area (TPSA) is 118 Å². The van der Waals surface area contributed by atoms with Crippen LogP contribution in [0, 0.1) is 15.5 Å². The molecule has 0 amide bonds.